The van der Waals surface area contributed by atoms with Crippen LogP contribution < -0.4 is 15.9 Å². The molecule has 7 aromatic rings. The second kappa shape index (κ2) is 9.80. The first-order chi connectivity index (χ1) is 20.6. The molecule has 0 aliphatic carbocycles. The average Bonchev–Trinajstić information content (AvgIpc) is 3.70. The summed E-state index contributed by atoms with van der Waals surface area (Å²) in [6.45, 7) is 2.13. The molecule has 1 unspecified atom stereocenters. The number of hydrogen-bond acceptors (Lipinski definition) is 3. The van der Waals surface area contributed by atoms with Crippen LogP contribution in [-0.4, -0.2) is 9.55 Å². The van der Waals surface area contributed by atoms with Crippen LogP contribution in [0.25, 0.3) is 48.7 Å². The van der Waals surface area contributed by atoms with E-state index >= 15 is 4.57 Å². The monoisotopic (exact) mass is 578 g/mol. The molecule has 0 saturated carbocycles. The van der Waals surface area contributed by atoms with E-state index in [0.29, 0.717) is 0 Å². The minimum atomic E-state index is -3.10. The van der Waals surface area contributed by atoms with Crippen LogP contribution in [0.4, 0.5) is 0 Å². The van der Waals surface area contributed by atoms with Crippen LogP contribution in [0.2, 0.25) is 0 Å². The van der Waals surface area contributed by atoms with E-state index in [0.717, 1.165) is 56.0 Å². The third-order valence-corrected chi connectivity index (χ3v) is 12.5. The van der Waals surface area contributed by atoms with Gasteiger partial charge in [0.25, 0.3) is 0 Å². The third-order valence-electron chi connectivity index (χ3n) is 8.22. The largest absolute Gasteiger partial charge is 0.308 e. The minimum Gasteiger partial charge on any atom is -0.308 e. The van der Waals surface area contributed by atoms with Gasteiger partial charge >= 0.3 is 0 Å². The predicted molar refractivity (Wildman–Crippen MR) is 178 cm³/mol. The number of benzene rings is 5. The molecule has 0 spiro atoms. The van der Waals surface area contributed by atoms with E-state index in [1.807, 2.05) is 59.9 Å². The number of aromatic nitrogens is 2. The quantitative estimate of drug-likeness (QED) is 0.192. The molecule has 0 bridgehead atoms. The van der Waals surface area contributed by atoms with Gasteiger partial charge in [-0.05, 0) is 58.7 Å². The number of thiophene rings is 1. The van der Waals surface area contributed by atoms with E-state index in [2.05, 4.69) is 96.4 Å². The molecule has 5 aromatic carbocycles. The Morgan fingerprint density at radius 1 is 0.643 bits per heavy atom. The number of nitrogens with zero attached hydrogens (tertiary/aromatic N) is 2. The molecule has 202 valence electrons. The van der Waals surface area contributed by atoms with Crippen molar-refractivity contribution in [1.82, 2.24) is 9.55 Å². The molecule has 1 atom stereocenters. The summed E-state index contributed by atoms with van der Waals surface area (Å²) < 4.78 is 17.5. The second-order valence-corrected chi connectivity index (χ2v) is 14.4. The molecular formula is C37H27N2OPS. The summed E-state index contributed by atoms with van der Waals surface area (Å²) in [4.78, 5) is 7.49. The molecule has 0 N–H and O–H groups in total. The van der Waals surface area contributed by atoms with Gasteiger partial charge in [0.1, 0.15) is 5.82 Å². The lowest BCUT2D eigenvalue weighted by atomic mass is 10.0. The number of imidazole rings is 1. The molecule has 0 radical (unpaired) electrons. The fraction of sp³-hybridized carbons (Fsp3) is 0.0541. The lowest BCUT2D eigenvalue weighted by Gasteiger charge is -2.29. The molecule has 0 fully saturated rings. The van der Waals surface area contributed by atoms with Crippen molar-refractivity contribution < 1.29 is 4.57 Å². The lowest BCUT2D eigenvalue weighted by molar-refractivity contribution is 0.592. The summed E-state index contributed by atoms with van der Waals surface area (Å²) >= 11 is 1.81. The van der Waals surface area contributed by atoms with Crippen LogP contribution >= 0.6 is 18.5 Å². The Balaban J connectivity index is 1.25. The Labute approximate surface area is 249 Å². The zero-order chi connectivity index (χ0) is 28.3. The van der Waals surface area contributed by atoms with Gasteiger partial charge in [-0.2, -0.15) is 0 Å². The molecule has 1 aliphatic heterocycles. The Kier molecular flexibility index (Phi) is 5.89. The summed E-state index contributed by atoms with van der Waals surface area (Å²) in [5, 5.41) is 2.59. The highest BCUT2D eigenvalue weighted by Gasteiger charge is 2.39. The van der Waals surface area contributed by atoms with Crippen molar-refractivity contribution in [3.05, 3.63) is 139 Å². The molecule has 3 heterocycles. The molecule has 2 aromatic heterocycles. The second-order valence-electron chi connectivity index (χ2n) is 10.6. The molecular weight excluding hydrogens is 551 g/mol. The number of para-hydroxylation sites is 1. The van der Waals surface area contributed by atoms with Crippen molar-refractivity contribution in [1.29, 1.82) is 0 Å². The minimum absolute atomic E-state index is 0.786. The highest BCUT2D eigenvalue weighted by atomic mass is 32.1. The van der Waals surface area contributed by atoms with Crippen LogP contribution in [-0.2, 0) is 11.0 Å². The van der Waals surface area contributed by atoms with Gasteiger partial charge in [0.05, 0.1) is 16.7 Å². The molecule has 5 heteroatoms. The lowest BCUT2D eigenvalue weighted by Crippen LogP contribution is -2.33. The Morgan fingerprint density at radius 3 is 2.00 bits per heavy atom. The maximum absolute atomic E-state index is 15.3. The maximum Gasteiger partial charge on any atom is 0.175 e. The normalized spacial score (nSPS) is 15.5. The van der Waals surface area contributed by atoms with Crippen molar-refractivity contribution in [2.24, 2.45) is 0 Å². The van der Waals surface area contributed by atoms with E-state index in [9.17, 15) is 0 Å². The highest BCUT2D eigenvalue weighted by molar-refractivity contribution is 7.86. The van der Waals surface area contributed by atoms with Gasteiger partial charge in [0.15, 0.2) is 7.14 Å². The van der Waals surface area contributed by atoms with Crippen molar-refractivity contribution in [2.45, 2.75) is 13.3 Å². The molecule has 1 aliphatic rings. The first-order valence-electron chi connectivity index (χ1n) is 14.2. The summed E-state index contributed by atoms with van der Waals surface area (Å²) in [6, 6.07) is 46.1. The van der Waals surface area contributed by atoms with E-state index in [1.165, 1.54) is 20.9 Å². The Hall–Kier alpha value is -4.50. The van der Waals surface area contributed by atoms with Gasteiger partial charge in [0.2, 0.25) is 0 Å². The number of aryl methyl sites for hydroxylation is 1. The topological polar surface area (TPSA) is 34.9 Å². The first kappa shape index (κ1) is 25.2. The summed E-state index contributed by atoms with van der Waals surface area (Å²) in [6.07, 6.45) is 0.786. The number of hydrogen-bond donors (Lipinski definition) is 0. The smallest absolute Gasteiger partial charge is 0.175 e. The third kappa shape index (κ3) is 3.80. The van der Waals surface area contributed by atoms with Gasteiger partial charge in [-0.1, -0.05) is 104 Å². The zero-order valence-electron chi connectivity index (χ0n) is 23.1. The van der Waals surface area contributed by atoms with Crippen LogP contribution in [0.5, 0.6) is 0 Å². The molecule has 3 nitrogen and oxygen atoms in total. The summed E-state index contributed by atoms with van der Waals surface area (Å²) in [5.74, 6) is 0.984. The van der Waals surface area contributed by atoms with Crippen molar-refractivity contribution >= 4 is 45.4 Å². The van der Waals surface area contributed by atoms with E-state index in [1.54, 1.807) is 0 Å². The van der Waals surface area contributed by atoms with E-state index in [-0.39, 0.29) is 0 Å². The van der Waals surface area contributed by atoms with E-state index < -0.39 is 7.14 Å². The summed E-state index contributed by atoms with van der Waals surface area (Å²) in [7, 11) is -3.10. The van der Waals surface area contributed by atoms with Crippen LogP contribution in [0, 0.1) is 0 Å². The Morgan fingerprint density at radius 2 is 1.29 bits per heavy atom. The molecule has 0 saturated heterocycles. The fourth-order valence-electron chi connectivity index (χ4n) is 6.18. The van der Waals surface area contributed by atoms with Crippen LogP contribution in [0.1, 0.15) is 12.7 Å². The van der Waals surface area contributed by atoms with Crippen LogP contribution in [0.15, 0.2) is 133 Å². The van der Waals surface area contributed by atoms with E-state index in [4.69, 9.17) is 4.98 Å². The van der Waals surface area contributed by atoms with Crippen LogP contribution in [0.3, 0.4) is 0 Å². The summed E-state index contributed by atoms with van der Waals surface area (Å²) in [5.41, 5.74) is 7.50. The standard InChI is InChI=1S/C37H27N2OPS/c1-2-36-38-30-14-9-15-33-37(30)39(36)31-24-28(20-21-32(31)41(33,40)29-12-7-4-8-13-29)25-16-18-27(19-17-25)35-23-22-34(42-35)26-10-5-3-6-11-26/h3-24H,2H2,1H3. The number of rotatable bonds is 5. The van der Waals surface area contributed by atoms with Gasteiger partial charge in [-0.3, -0.25) is 4.57 Å². The van der Waals surface area contributed by atoms with Crippen molar-refractivity contribution in [2.75, 3.05) is 0 Å². The Bertz CT molecular complexity index is 2140. The van der Waals surface area contributed by atoms with Crippen molar-refractivity contribution in [3.63, 3.8) is 0 Å². The average molecular weight is 579 g/mol. The highest BCUT2D eigenvalue weighted by Crippen LogP contribution is 2.50. The fourth-order valence-corrected chi connectivity index (χ4v) is 10.2. The molecule has 0 amide bonds. The molecule has 8 rings (SSSR count). The maximum atomic E-state index is 15.3. The van der Waals surface area contributed by atoms with Gasteiger partial charge in [0, 0.05) is 32.1 Å². The molecule has 42 heavy (non-hydrogen) atoms. The van der Waals surface area contributed by atoms with Gasteiger partial charge in [-0.25, -0.2) is 4.98 Å². The predicted octanol–water partition coefficient (Wildman–Crippen LogP) is 8.60. The van der Waals surface area contributed by atoms with Crippen molar-refractivity contribution in [3.8, 4) is 37.7 Å². The SMILES string of the molecule is CCc1nc2cccc3c2n1-c1cc(-c2ccc(-c4ccc(-c5ccccc5)s4)cc2)ccc1P3(=O)c1ccccc1. The zero-order valence-corrected chi connectivity index (χ0v) is 24.8. The first-order valence-corrected chi connectivity index (χ1v) is 16.7. The van der Waals surface area contributed by atoms with Gasteiger partial charge in [-0.15, -0.1) is 11.3 Å². The van der Waals surface area contributed by atoms with Gasteiger partial charge < -0.3 is 4.57 Å². The number of fused-ring (bicyclic) bond motifs is 2.